The van der Waals surface area contributed by atoms with Crippen molar-refractivity contribution < 1.29 is 4.74 Å². The van der Waals surface area contributed by atoms with Gasteiger partial charge in [-0.3, -0.25) is 0 Å². The molecule has 2 nitrogen and oxygen atoms in total. The SMILES string of the molecule is C=C1/C=C\C=C/CC2(c3ccc(N(c4ccc(-c5ccccc5)cc4)c4cccc5c4Oc4ccccc4-c4ccccc4-5)cc3-c3ccccc31)c1ccccc1-c1c2ccc2c1sc1ccccc12. The molecule has 0 amide bonds. The molecule has 3 aliphatic rings. The van der Waals surface area contributed by atoms with Gasteiger partial charge in [-0.15, -0.1) is 11.3 Å². The van der Waals surface area contributed by atoms with Gasteiger partial charge in [0.1, 0.15) is 5.75 Å². The van der Waals surface area contributed by atoms with Crippen molar-refractivity contribution in [3.63, 3.8) is 0 Å². The van der Waals surface area contributed by atoms with Crippen LogP contribution in [-0.4, -0.2) is 0 Å². The van der Waals surface area contributed by atoms with Gasteiger partial charge in [0.15, 0.2) is 5.75 Å². The van der Waals surface area contributed by atoms with Gasteiger partial charge in [-0.25, -0.2) is 0 Å². The lowest BCUT2D eigenvalue weighted by Gasteiger charge is -2.36. The quantitative estimate of drug-likeness (QED) is 0.174. The van der Waals surface area contributed by atoms with E-state index in [-0.39, 0.29) is 0 Å². The first-order valence-electron chi connectivity index (χ1n) is 24.4. The summed E-state index contributed by atoms with van der Waals surface area (Å²) in [6, 6.07) is 82.2. The molecule has 1 unspecified atom stereocenters. The first-order chi connectivity index (χ1) is 35.1. The number of fused-ring (bicyclic) bond motifs is 18. The van der Waals surface area contributed by atoms with Crippen molar-refractivity contribution in [2.24, 2.45) is 0 Å². The van der Waals surface area contributed by atoms with Crippen LogP contribution in [-0.2, 0) is 5.41 Å². The summed E-state index contributed by atoms with van der Waals surface area (Å²) in [7, 11) is 0. The molecule has 71 heavy (non-hydrogen) atoms. The Morgan fingerprint density at radius 2 is 1.07 bits per heavy atom. The molecule has 3 heteroatoms. The molecule has 11 aromatic rings. The third-order valence-corrected chi connectivity index (χ3v) is 16.2. The van der Waals surface area contributed by atoms with Gasteiger partial charge in [0.25, 0.3) is 0 Å². The maximum absolute atomic E-state index is 7.24. The lowest BCUT2D eigenvalue weighted by molar-refractivity contribution is 0.489. The molecule has 14 rings (SSSR count). The van der Waals surface area contributed by atoms with Crippen molar-refractivity contribution in [3.05, 3.63) is 278 Å². The monoisotopic (exact) mass is 923 g/mol. The minimum Gasteiger partial charge on any atom is -0.454 e. The van der Waals surface area contributed by atoms with E-state index in [9.17, 15) is 0 Å². The number of hydrogen-bond acceptors (Lipinski definition) is 3. The summed E-state index contributed by atoms with van der Waals surface area (Å²) in [6.45, 7) is 4.68. The molecule has 0 radical (unpaired) electrons. The summed E-state index contributed by atoms with van der Waals surface area (Å²) in [6.07, 6.45) is 9.66. The Kier molecular flexibility index (Phi) is 9.55. The van der Waals surface area contributed by atoms with Crippen LogP contribution >= 0.6 is 11.3 Å². The maximum atomic E-state index is 7.24. The molecular weight excluding hydrogens is 879 g/mol. The fraction of sp³-hybridized carbons (Fsp3) is 0.0294. The predicted molar refractivity (Wildman–Crippen MR) is 300 cm³/mol. The standard InChI is InChI=1S/C68H45NOS/c1-44-19-4-3-17-42-68(59-30-14-11-28-57(59)65-61(68)41-39-56-54-27-13-16-33-64(54)71-67(56)65)60-40-38-48(43-58(60)50-23-8-7-22-49(44)50)69(47-36-34-46(35-37-47)45-20-5-2-6-21-45)62-31-18-29-55-52-25-10-9-24-51(52)53-26-12-15-32-63(53)70-66(55)62/h2-41,43H,1,42H2/b17-3-,19-4-. The largest absolute Gasteiger partial charge is 0.454 e. The Morgan fingerprint density at radius 3 is 1.90 bits per heavy atom. The smallest absolute Gasteiger partial charge is 0.159 e. The fourth-order valence-corrected chi connectivity index (χ4v) is 13.1. The fourth-order valence-electron chi connectivity index (χ4n) is 11.8. The average Bonchev–Trinajstić information content (AvgIpc) is 3.89. The van der Waals surface area contributed by atoms with E-state index in [4.69, 9.17) is 4.74 Å². The van der Waals surface area contributed by atoms with Crippen molar-refractivity contribution in [1.29, 1.82) is 0 Å². The Labute approximate surface area is 418 Å². The number of ether oxygens (including phenoxy) is 1. The van der Waals surface area contributed by atoms with E-state index in [0.717, 1.165) is 85.1 Å². The second kappa shape index (κ2) is 16.4. The number of benzene rings is 10. The molecule has 0 bridgehead atoms. The highest BCUT2D eigenvalue weighted by Gasteiger charge is 2.46. The zero-order valence-electron chi connectivity index (χ0n) is 38.8. The number of hydrogen-bond donors (Lipinski definition) is 0. The van der Waals surface area contributed by atoms with Crippen molar-refractivity contribution in [1.82, 2.24) is 0 Å². The van der Waals surface area contributed by atoms with Gasteiger partial charge in [-0.2, -0.15) is 0 Å². The molecule has 2 heterocycles. The molecular formula is C68H45NOS. The molecule has 1 atom stereocenters. The van der Waals surface area contributed by atoms with Crippen LogP contribution < -0.4 is 9.64 Å². The number of rotatable bonds is 4. The minimum absolute atomic E-state index is 0.532. The van der Waals surface area contributed by atoms with Crippen LogP contribution in [0, 0.1) is 0 Å². The maximum Gasteiger partial charge on any atom is 0.159 e. The third kappa shape index (κ3) is 6.40. The van der Waals surface area contributed by atoms with Crippen LogP contribution in [0.2, 0.25) is 0 Å². The molecule has 0 N–H and O–H groups in total. The van der Waals surface area contributed by atoms with Crippen LogP contribution in [0.3, 0.4) is 0 Å². The summed E-state index contributed by atoms with van der Waals surface area (Å²) in [5, 5.41) is 2.62. The normalized spacial score (nSPS) is 16.0. The van der Waals surface area contributed by atoms with Crippen molar-refractivity contribution in [3.8, 4) is 67.1 Å². The van der Waals surface area contributed by atoms with Crippen LogP contribution in [0.25, 0.3) is 81.4 Å². The van der Waals surface area contributed by atoms with E-state index in [0.29, 0.717) is 0 Å². The van der Waals surface area contributed by atoms with Crippen LogP contribution in [0.5, 0.6) is 11.5 Å². The molecule has 0 fully saturated rings. The molecule has 1 aliphatic heterocycles. The number of allylic oxidation sites excluding steroid dienone is 5. The lowest BCUT2D eigenvalue weighted by atomic mass is 9.67. The minimum atomic E-state index is -0.532. The van der Waals surface area contributed by atoms with Gasteiger partial charge >= 0.3 is 0 Å². The summed E-state index contributed by atoms with van der Waals surface area (Å²) >= 11 is 1.91. The van der Waals surface area contributed by atoms with Gasteiger partial charge in [0.2, 0.25) is 0 Å². The Balaban J connectivity index is 1.06. The van der Waals surface area contributed by atoms with Crippen molar-refractivity contribution in [2.45, 2.75) is 11.8 Å². The van der Waals surface area contributed by atoms with E-state index < -0.39 is 5.41 Å². The van der Waals surface area contributed by atoms with Gasteiger partial charge in [-0.1, -0.05) is 213 Å². The summed E-state index contributed by atoms with van der Waals surface area (Å²) in [4.78, 5) is 2.40. The number of anilines is 3. The second-order valence-electron chi connectivity index (χ2n) is 18.8. The molecule has 1 spiro atoms. The number of para-hydroxylation sites is 2. The highest BCUT2D eigenvalue weighted by Crippen LogP contribution is 2.61. The Hall–Kier alpha value is -8.76. The molecule has 0 saturated heterocycles. The highest BCUT2D eigenvalue weighted by molar-refractivity contribution is 7.26. The van der Waals surface area contributed by atoms with Crippen LogP contribution in [0.4, 0.5) is 17.1 Å². The van der Waals surface area contributed by atoms with Crippen molar-refractivity contribution in [2.75, 3.05) is 4.90 Å². The first-order valence-corrected chi connectivity index (χ1v) is 25.2. The molecule has 10 aromatic carbocycles. The van der Waals surface area contributed by atoms with Gasteiger partial charge in [0.05, 0.1) is 11.1 Å². The second-order valence-corrected chi connectivity index (χ2v) is 19.8. The average molecular weight is 924 g/mol. The summed E-state index contributed by atoms with van der Waals surface area (Å²) < 4.78 is 9.90. The molecule has 1 aromatic heterocycles. The van der Waals surface area contributed by atoms with E-state index in [1.54, 1.807) is 0 Å². The van der Waals surface area contributed by atoms with Crippen molar-refractivity contribution >= 4 is 54.1 Å². The zero-order valence-corrected chi connectivity index (χ0v) is 39.7. The van der Waals surface area contributed by atoms with Gasteiger partial charge < -0.3 is 9.64 Å². The zero-order chi connectivity index (χ0) is 47.0. The van der Waals surface area contributed by atoms with E-state index >= 15 is 0 Å². The summed E-state index contributed by atoms with van der Waals surface area (Å²) in [5.74, 6) is 1.63. The first kappa shape index (κ1) is 41.2. The van der Waals surface area contributed by atoms with E-state index in [1.165, 1.54) is 53.6 Å². The van der Waals surface area contributed by atoms with Crippen LogP contribution in [0.15, 0.2) is 255 Å². The number of thiophene rings is 1. The van der Waals surface area contributed by atoms with Crippen LogP contribution in [0.1, 0.15) is 28.7 Å². The summed E-state index contributed by atoms with van der Waals surface area (Å²) in [5.41, 5.74) is 20.1. The van der Waals surface area contributed by atoms with E-state index in [2.05, 4.69) is 260 Å². The Morgan fingerprint density at radius 1 is 0.451 bits per heavy atom. The molecule has 2 aliphatic carbocycles. The Bertz CT molecular complexity index is 4020. The topological polar surface area (TPSA) is 12.5 Å². The third-order valence-electron chi connectivity index (χ3n) is 15.0. The molecule has 0 saturated carbocycles. The van der Waals surface area contributed by atoms with Gasteiger partial charge in [-0.05, 0) is 116 Å². The highest BCUT2D eigenvalue weighted by atomic mass is 32.1. The predicted octanol–water partition coefficient (Wildman–Crippen LogP) is 19.1. The number of nitrogens with zero attached hydrogens (tertiary/aromatic N) is 1. The lowest BCUT2D eigenvalue weighted by Crippen LogP contribution is -2.27. The van der Waals surface area contributed by atoms with Gasteiger partial charge in [0, 0.05) is 48.2 Å². The van der Waals surface area contributed by atoms with E-state index in [1.807, 2.05) is 11.3 Å². The molecule has 334 valence electrons.